The third-order valence-electron chi connectivity index (χ3n) is 11.3. The first-order chi connectivity index (χ1) is 28.7. The van der Waals surface area contributed by atoms with Crippen molar-refractivity contribution in [3.63, 3.8) is 0 Å². The summed E-state index contributed by atoms with van der Waals surface area (Å²) in [5.41, 5.74) is 12.0. The normalized spacial score (nSPS) is 11.8. The second-order valence-corrected chi connectivity index (χ2v) is 15.7. The van der Waals surface area contributed by atoms with Crippen molar-refractivity contribution >= 4 is 92.4 Å². The zero-order valence-corrected chi connectivity index (χ0v) is 31.9. The lowest BCUT2D eigenvalue weighted by Gasteiger charge is -2.26. The summed E-state index contributed by atoms with van der Waals surface area (Å²) >= 11 is 1.84. The summed E-state index contributed by atoms with van der Waals surface area (Å²) in [6.07, 6.45) is 0. The number of nitrogens with zero attached hydrogens (tertiary/aromatic N) is 2. The molecule has 0 atom stereocenters. The Labute approximate surface area is 337 Å². The molecule has 272 valence electrons. The largest absolute Gasteiger partial charge is 0.456 e. The molecule has 3 heterocycles. The third kappa shape index (κ3) is 5.18. The topological polar surface area (TPSA) is 42.4 Å². The summed E-state index contributed by atoms with van der Waals surface area (Å²) in [6, 6.07) is 68.5. The number of anilines is 3. The quantitative estimate of drug-likeness (QED) is 0.169. The lowest BCUT2D eigenvalue weighted by molar-refractivity contribution is 0.620. The Hall–Kier alpha value is -7.47. The maximum Gasteiger partial charge on any atom is 0.227 e. The first-order valence-corrected chi connectivity index (χ1v) is 20.3. The van der Waals surface area contributed by atoms with Crippen molar-refractivity contribution in [2.24, 2.45) is 0 Å². The fourth-order valence-electron chi connectivity index (χ4n) is 8.70. The van der Waals surface area contributed by atoms with Crippen molar-refractivity contribution in [1.82, 2.24) is 4.98 Å². The van der Waals surface area contributed by atoms with Gasteiger partial charge in [-0.1, -0.05) is 115 Å². The van der Waals surface area contributed by atoms with Crippen LogP contribution in [-0.4, -0.2) is 4.98 Å². The number of hydrogen-bond donors (Lipinski definition) is 0. The van der Waals surface area contributed by atoms with Crippen molar-refractivity contribution in [2.75, 3.05) is 4.90 Å². The number of fused-ring (bicyclic) bond motifs is 9. The number of thiophene rings is 1. The maximum atomic E-state index is 6.74. The molecule has 0 radical (unpaired) electrons. The van der Waals surface area contributed by atoms with Crippen LogP contribution in [-0.2, 0) is 0 Å². The molecule has 0 aliphatic heterocycles. The van der Waals surface area contributed by atoms with Crippen molar-refractivity contribution in [1.29, 1.82) is 0 Å². The zero-order chi connectivity index (χ0) is 38.2. The number of benzene rings is 9. The van der Waals surface area contributed by atoms with Crippen molar-refractivity contribution in [2.45, 2.75) is 0 Å². The van der Waals surface area contributed by atoms with Crippen LogP contribution in [0.4, 0.5) is 17.1 Å². The van der Waals surface area contributed by atoms with E-state index in [4.69, 9.17) is 13.8 Å². The first kappa shape index (κ1) is 32.7. The molecular formula is C53H32N2O2S. The van der Waals surface area contributed by atoms with Crippen LogP contribution in [0.25, 0.3) is 97.7 Å². The number of rotatable bonds is 6. The molecule has 0 unspecified atom stereocenters. The molecule has 0 fully saturated rings. The number of hydrogen-bond acceptors (Lipinski definition) is 5. The second-order valence-electron chi connectivity index (χ2n) is 14.7. The van der Waals surface area contributed by atoms with Gasteiger partial charge in [-0.05, 0) is 112 Å². The van der Waals surface area contributed by atoms with E-state index in [1.807, 2.05) is 47.7 Å². The third-order valence-corrected chi connectivity index (χ3v) is 12.4. The van der Waals surface area contributed by atoms with Crippen LogP contribution >= 0.6 is 11.3 Å². The fourth-order valence-corrected chi connectivity index (χ4v) is 9.82. The summed E-state index contributed by atoms with van der Waals surface area (Å²) in [5, 5.41) is 7.08. The number of para-hydroxylation sites is 1. The predicted octanol–water partition coefficient (Wildman–Crippen LogP) is 15.7. The van der Waals surface area contributed by atoms with E-state index in [0.717, 1.165) is 83.0 Å². The Morgan fingerprint density at radius 1 is 0.397 bits per heavy atom. The van der Waals surface area contributed by atoms with Gasteiger partial charge >= 0.3 is 0 Å². The van der Waals surface area contributed by atoms with Gasteiger partial charge in [-0.15, -0.1) is 11.3 Å². The maximum absolute atomic E-state index is 6.74. The molecule has 12 rings (SSSR count). The van der Waals surface area contributed by atoms with Gasteiger partial charge in [0.1, 0.15) is 16.7 Å². The van der Waals surface area contributed by atoms with Crippen molar-refractivity contribution < 1.29 is 8.83 Å². The number of aromatic nitrogens is 1. The van der Waals surface area contributed by atoms with E-state index in [2.05, 4.69) is 163 Å². The lowest BCUT2D eigenvalue weighted by Crippen LogP contribution is -2.10. The standard InChI is InChI=1S/C53H32N2O2S/c1-3-13-34(14-4-1)53-54-43-31-35(27-30-45(43)57-53)42-32-47-52(40-18-8-7-17-39(40)42)51-38(20-11-22-46(51)56-47)33-25-28-37(29-26-33)55(36-15-5-2-6-16-36)44-21-12-24-49-50(44)41-19-9-10-23-48(41)58-49/h1-32H. The first-order valence-electron chi connectivity index (χ1n) is 19.4. The van der Waals surface area contributed by atoms with E-state index in [1.165, 1.54) is 25.9 Å². The summed E-state index contributed by atoms with van der Waals surface area (Å²) < 4.78 is 15.5. The van der Waals surface area contributed by atoms with Crippen molar-refractivity contribution in [3.8, 4) is 33.7 Å². The highest BCUT2D eigenvalue weighted by Crippen LogP contribution is 2.47. The van der Waals surface area contributed by atoms with Crippen LogP contribution in [0.3, 0.4) is 0 Å². The van der Waals surface area contributed by atoms with Crippen molar-refractivity contribution in [3.05, 3.63) is 194 Å². The van der Waals surface area contributed by atoms with Gasteiger partial charge in [0.05, 0.1) is 5.69 Å². The zero-order valence-electron chi connectivity index (χ0n) is 31.1. The highest BCUT2D eigenvalue weighted by atomic mass is 32.1. The molecule has 12 aromatic rings. The highest BCUT2D eigenvalue weighted by Gasteiger charge is 2.21. The Bertz CT molecular complexity index is 3510. The molecule has 5 heteroatoms. The van der Waals surface area contributed by atoms with Gasteiger partial charge in [-0.3, -0.25) is 0 Å². The molecule has 0 saturated heterocycles. The molecule has 3 aromatic heterocycles. The molecule has 58 heavy (non-hydrogen) atoms. The Balaban J connectivity index is 0.992. The van der Waals surface area contributed by atoms with E-state index >= 15 is 0 Å². The smallest absolute Gasteiger partial charge is 0.227 e. The molecule has 0 aliphatic rings. The van der Waals surface area contributed by atoms with Crippen LogP contribution in [0.15, 0.2) is 203 Å². The molecule has 0 aliphatic carbocycles. The van der Waals surface area contributed by atoms with Gasteiger partial charge in [-0.25, -0.2) is 4.98 Å². The molecule has 0 N–H and O–H groups in total. The Morgan fingerprint density at radius 3 is 1.93 bits per heavy atom. The molecular weight excluding hydrogens is 729 g/mol. The molecule has 9 aromatic carbocycles. The van der Waals surface area contributed by atoms with E-state index < -0.39 is 0 Å². The van der Waals surface area contributed by atoms with Crippen LogP contribution in [0, 0.1) is 0 Å². The van der Waals surface area contributed by atoms with Gasteiger partial charge in [0.2, 0.25) is 5.89 Å². The Kier molecular flexibility index (Phi) is 7.37. The minimum absolute atomic E-state index is 0.618. The van der Waals surface area contributed by atoms with Crippen LogP contribution in [0.1, 0.15) is 0 Å². The summed E-state index contributed by atoms with van der Waals surface area (Å²) in [6.45, 7) is 0. The SMILES string of the molecule is c1ccc(-c2nc3cc(-c4cc5oc6cccc(-c7ccc(N(c8ccccc8)c8cccc9sc%10ccccc%10c89)cc7)c6c5c5ccccc45)ccc3o2)cc1. The van der Waals surface area contributed by atoms with Gasteiger partial charge in [0, 0.05) is 47.9 Å². The minimum atomic E-state index is 0.618. The average molecular weight is 761 g/mol. The predicted molar refractivity (Wildman–Crippen MR) is 243 cm³/mol. The molecule has 0 spiro atoms. The van der Waals surface area contributed by atoms with E-state index in [0.29, 0.717) is 5.89 Å². The second kappa shape index (κ2) is 13.1. The van der Waals surface area contributed by atoms with E-state index in [9.17, 15) is 0 Å². The van der Waals surface area contributed by atoms with Crippen LogP contribution in [0.5, 0.6) is 0 Å². The summed E-state index contributed by atoms with van der Waals surface area (Å²) in [5.74, 6) is 0.618. The number of furan rings is 1. The average Bonchev–Trinajstić information content (AvgIpc) is 4.01. The molecule has 0 saturated carbocycles. The van der Waals surface area contributed by atoms with Gasteiger partial charge in [-0.2, -0.15) is 0 Å². The van der Waals surface area contributed by atoms with E-state index in [-0.39, 0.29) is 0 Å². The Morgan fingerprint density at radius 2 is 1.09 bits per heavy atom. The lowest BCUT2D eigenvalue weighted by atomic mass is 9.92. The van der Waals surface area contributed by atoms with Gasteiger partial charge < -0.3 is 13.7 Å². The van der Waals surface area contributed by atoms with Gasteiger partial charge in [0.15, 0.2) is 5.58 Å². The summed E-state index contributed by atoms with van der Waals surface area (Å²) in [4.78, 5) is 7.25. The fraction of sp³-hybridized carbons (Fsp3) is 0. The number of oxazole rings is 1. The highest BCUT2D eigenvalue weighted by molar-refractivity contribution is 7.26. The molecule has 4 nitrogen and oxygen atoms in total. The molecule has 0 bridgehead atoms. The van der Waals surface area contributed by atoms with Crippen LogP contribution < -0.4 is 4.90 Å². The minimum Gasteiger partial charge on any atom is -0.456 e. The van der Waals surface area contributed by atoms with Crippen LogP contribution in [0.2, 0.25) is 0 Å². The van der Waals surface area contributed by atoms with E-state index in [1.54, 1.807) is 0 Å². The van der Waals surface area contributed by atoms with Gasteiger partial charge in [0.25, 0.3) is 0 Å². The molecule has 0 amide bonds. The monoisotopic (exact) mass is 760 g/mol. The summed E-state index contributed by atoms with van der Waals surface area (Å²) in [7, 11) is 0.